The van der Waals surface area contributed by atoms with Crippen molar-refractivity contribution in [2.75, 3.05) is 19.6 Å². The SMILES string of the molecule is Cl.O=C(c1ccc(F)cc1)C1CCCN(C(=O)C2CCCN2)C1. The molecule has 2 aliphatic heterocycles. The van der Waals surface area contributed by atoms with Gasteiger partial charge in [-0.15, -0.1) is 12.4 Å². The van der Waals surface area contributed by atoms with Crippen molar-refractivity contribution in [1.29, 1.82) is 0 Å². The molecular formula is C17H22ClFN2O2. The van der Waals surface area contributed by atoms with E-state index < -0.39 is 0 Å². The van der Waals surface area contributed by atoms with Crippen LogP contribution < -0.4 is 5.32 Å². The number of carbonyl (C=O) groups is 2. The molecule has 1 aromatic rings. The largest absolute Gasteiger partial charge is 0.341 e. The van der Waals surface area contributed by atoms with E-state index in [1.165, 1.54) is 24.3 Å². The van der Waals surface area contributed by atoms with Gasteiger partial charge in [0, 0.05) is 24.6 Å². The number of piperidine rings is 1. The third-order valence-electron chi connectivity index (χ3n) is 4.59. The number of benzene rings is 1. The summed E-state index contributed by atoms with van der Waals surface area (Å²) in [6.07, 6.45) is 3.54. The highest BCUT2D eigenvalue weighted by molar-refractivity contribution is 5.98. The summed E-state index contributed by atoms with van der Waals surface area (Å²) in [7, 11) is 0. The Kier molecular flexibility index (Phi) is 6.13. The molecule has 0 aliphatic carbocycles. The Hall–Kier alpha value is -1.46. The molecule has 1 N–H and O–H groups in total. The van der Waals surface area contributed by atoms with E-state index in [1.807, 2.05) is 4.90 Å². The lowest BCUT2D eigenvalue weighted by molar-refractivity contribution is -0.134. The van der Waals surface area contributed by atoms with Crippen LogP contribution in [0, 0.1) is 11.7 Å². The van der Waals surface area contributed by atoms with Gasteiger partial charge in [-0.2, -0.15) is 0 Å². The highest BCUT2D eigenvalue weighted by Crippen LogP contribution is 2.22. The van der Waals surface area contributed by atoms with Crippen LogP contribution in [0.3, 0.4) is 0 Å². The lowest BCUT2D eigenvalue weighted by atomic mass is 9.89. The summed E-state index contributed by atoms with van der Waals surface area (Å²) in [5, 5.41) is 3.22. The molecule has 0 saturated carbocycles. The minimum absolute atomic E-state index is 0. The first-order valence-corrected chi connectivity index (χ1v) is 7.97. The van der Waals surface area contributed by atoms with Crippen molar-refractivity contribution in [2.24, 2.45) is 5.92 Å². The normalized spacial score (nSPS) is 24.1. The molecule has 3 rings (SSSR count). The molecule has 1 amide bonds. The Morgan fingerprint density at radius 3 is 2.52 bits per heavy atom. The summed E-state index contributed by atoms with van der Waals surface area (Å²) < 4.78 is 13.0. The maximum atomic E-state index is 13.0. The van der Waals surface area contributed by atoms with Crippen LogP contribution in [-0.4, -0.2) is 42.3 Å². The summed E-state index contributed by atoms with van der Waals surface area (Å²) in [6, 6.07) is 5.58. The molecule has 0 spiro atoms. The van der Waals surface area contributed by atoms with Gasteiger partial charge in [0.2, 0.25) is 5.91 Å². The molecule has 0 aromatic heterocycles. The van der Waals surface area contributed by atoms with Gasteiger partial charge >= 0.3 is 0 Å². The smallest absolute Gasteiger partial charge is 0.239 e. The molecule has 2 unspecified atom stereocenters. The first kappa shape index (κ1) is 17.9. The second-order valence-corrected chi connectivity index (χ2v) is 6.14. The Labute approximate surface area is 141 Å². The first-order chi connectivity index (χ1) is 10.6. The maximum Gasteiger partial charge on any atom is 0.239 e. The van der Waals surface area contributed by atoms with E-state index in [2.05, 4.69) is 5.32 Å². The van der Waals surface area contributed by atoms with E-state index in [0.717, 1.165) is 38.8 Å². The summed E-state index contributed by atoms with van der Waals surface area (Å²) in [6.45, 7) is 2.10. The zero-order valence-corrected chi connectivity index (χ0v) is 13.8. The van der Waals surface area contributed by atoms with Gasteiger partial charge in [0.05, 0.1) is 6.04 Å². The van der Waals surface area contributed by atoms with Crippen LogP contribution in [0.4, 0.5) is 4.39 Å². The van der Waals surface area contributed by atoms with Crippen molar-refractivity contribution in [3.05, 3.63) is 35.6 Å². The van der Waals surface area contributed by atoms with Gasteiger partial charge in [0.15, 0.2) is 5.78 Å². The number of hydrogen-bond donors (Lipinski definition) is 1. The van der Waals surface area contributed by atoms with Crippen molar-refractivity contribution in [1.82, 2.24) is 10.2 Å². The Morgan fingerprint density at radius 2 is 1.87 bits per heavy atom. The number of likely N-dealkylation sites (tertiary alicyclic amines) is 1. The van der Waals surface area contributed by atoms with Gasteiger partial charge in [0.25, 0.3) is 0 Å². The fourth-order valence-electron chi connectivity index (χ4n) is 3.36. The number of rotatable bonds is 3. The van der Waals surface area contributed by atoms with Gasteiger partial charge in [-0.1, -0.05) is 0 Å². The second kappa shape index (κ2) is 7.88. The fraction of sp³-hybridized carbons (Fsp3) is 0.529. The van der Waals surface area contributed by atoms with E-state index in [1.54, 1.807) is 0 Å². The zero-order valence-electron chi connectivity index (χ0n) is 13.0. The van der Waals surface area contributed by atoms with Crippen LogP contribution in [0.25, 0.3) is 0 Å². The quantitative estimate of drug-likeness (QED) is 0.860. The van der Waals surface area contributed by atoms with Crippen LogP contribution >= 0.6 is 12.4 Å². The highest BCUT2D eigenvalue weighted by atomic mass is 35.5. The third-order valence-corrected chi connectivity index (χ3v) is 4.59. The molecule has 0 radical (unpaired) electrons. The summed E-state index contributed by atoms with van der Waals surface area (Å²) in [5.41, 5.74) is 0.527. The predicted octanol–water partition coefficient (Wildman–Crippen LogP) is 2.42. The Balaban J connectivity index is 0.00000192. The topological polar surface area (TPSA) is 49.4 Å². The van der Waals surface area contributed by atoms with Crippen LogP contribution in [0.15, 0.2) is 24.3 Å². The van der Waals surface area contributed by atoms with Gasteiger partial charge in [-0.05, 0) is 56.5 Å². The number of nitrogens with one attached hydrogen (secondary N) is 1. The molecule has 1 aromatic carbocycles. The molecule has 126 valence electrons. The summed E-state index contributed by atoms with van der Waals surface area (Å²) in [4.78, 5) is 26.8. The maximum absolute atomic E-state index is 13.0. The second-order valence-electron chi connectivity index (χ2n) is 6.14. The summed E-state index contributed by atoms with van der Waals surface area (Å²) >= 11 is 0. The molecule has 23 heavy (non-hydrogen) atoms. The number of nitrogens with zero attached hydrogens (tertiary/aromatic N) is 1. The van der Waals surface area contributed by atoms with E-state index in [4.69, 9.17) is 0 Å². The number of ketones is 1. The average Bonchev–Trinajstić information content (AvgIpc) is 3.09. The molecule has 2 aliphatic rings. The summed E-state index contributed by atoms with van der Waals surface area (Å²) in [5.74, 6) is -0.389. The molecule has 6 heteroatoms. The Bertz CT molecular complexity index is 558. The van der Waals surface area contributed by atoms with Crippen molar-refractivity contribution in [2.45, 2.75) is 31.7 Å². The van der Waals surface area contributed by atoms with Gasteiger partial charge in [0.1, 0.15) is 5.82 Å². The van der Waals surface area contributed by atoms with Crippen molar-refractivity contribution in [3.63, 3.8) is 0 Å². The fourth-order valence-corrected chi connectivity index (χ4v) is 3.36. The standard InChI is InChI=1S/C17H21FN2O2.ClH/c18-14-7-5-12(6-8-14)16(21)13-3-2-10-20(11-13)17(22)15-4-1-9-19-15;/h5-8,13,15,19H,1-4,9-11H2;1H. The third kappa shape index (κ3) is 4.09. The van der Waals surface area contributed by atoms with E-state index in [-0.39, 0.29) is 41.9 Å². The lowest BCUT2D eigenvalue weighted by Gasteiger charge is -2.33. The molecule has 2 heterocycles. The highest BCUT2D eigenvalue weighted by Gasteiger charge is 2.33. The number of halogens is 2. The molecule has 2 fully saturated rings. The van der Waals surface area contributed by atoms with Gasteiger partial charge in [-0.3, -0.25) is 9.59 Å². The molecule has 2 atom stereocenters. The lowest BCUT2D eigenvalue weighted by Crippen LogP contribution is -2.49. The average molecular weight is 341 g/mol. The number of amides is 1. The zero-order chi connectivity index (χ0) is 15.5. The van der Waals surface area contributed by atoms with Crippen molar-refractivity contribution < 1.29 is 14.0 Å². The monoisotopic (exact) mass is 340 g/mol. The van der Waals surface area contributed by atoms with Crippen molar-refractivity contribution in [3.8, 4) is 0 Å². The van der Waals surface area contributed by atoms with Crippen LogP contribution in [0.5, 0.6) is 0 Å². The van der Waals surface area contributed by atoms with Crippen LogP contribution in [0.2, 0.25) is 0 Å². The predicted molar refractivity (Wildman–Crippen MR) is 88.3 cm³/mol. The van der Waals surface area contributed by atoms with Crippen molar-refractivity contribution >= 4 is 24.1 Å². The molecular weight excluding hydrogens is 319 g/mol. The number of Topliss-reactive ketones (excluding diaryl/α,β-unsaturated/α-hetero) is 1. The van der Waals surface area contributed by atoms with E-state index >= 15 is 0 Å². The van der Waals surface area contributed by atoms with E-state index in [0.29, 0.717) is 12.1 Å². The minimum atomic E-state index is -0.343. The molecule has 2 saturated heterocycles. The minimum Gasteiger partial charge on any atom is -0.341 e. The molecule has 0 bridgehead atoms. The first-order valence-electron chi connectivity index (χ1n) is 7.97. The van der Waals surface area contributed by atoms with Gasteiger partial charge < -0.3 is 10.2 Å². The molecule has 4 nitrogen and oxygen atoms in total. The van der Waals surface area contributed by atoms with Gasteiger partial charge in [-0.25, -0.2) is 4.39 Å². The van der Waals surface area contributed by atoms with Crippen LogP contribution in [0.1, 0.15) is 36.0 Å². The number of carbonyl (C=O) groups excluding carboxylic acids is 2. The number of hydrogen-bond acceptors (Lipinski definition) is 3. The van der Waals surface area contributed by atoms with Crippen LogP contribution in [-0.2, 0) is 4.79 Å². The Morgan fingerprint density at radius 1 is 1.13 bits per heavy atom. The van der Waals surface area contributed by atoms with E-state index in [9.17, 15) is 14.0 Å².